The molecular weight excluding hydrogens is 451 g/mol. The second kappa shape index (κ2) is 14.0. The van der Waals surface area contributed by atoms with Crippen LogP contribution in [0.15, 0.2) is 4.99 Å². The van der Waals surface area contributed by atoms with Crippen molar-refractivity contribution >= 4 is 40.0 Å². The van der Waals surface area contributed by atoms with Crippen LogP contribution in [0.3, 0.4) is 0 Å². The van der Waals surface area contributed by atoms with Crippen molar-refractivity contribution in [2.24, 2.45) is 10.9 Å². The molecule has 0 amide bonds. The van der Waals surface area contributed by atoms with E-state index in [0.717, 1.165) is 24.8 Å². The van der Waals surface area contributed by atoms with Crippen LogP contribution < -0.4 is 10.6 Å². The molecule has 8 heteroatoms. The lowest BCUT2D eigenvalue weighted by Crippen LogP contribution is -2.39. The largest absolute Gasteiger partial charge is 0.356 e. The SMILES string of the molecule is CCS(=O)(=O)N(C)CCCNC(=NC)NCCCC1CCCCC1.I. The molecule has 25 heavy (non-hydrogen) atoms. The van der Waals surface area contributed by atoms with Crippen LogP contribution in [-0.4, -0.2) is 58.2 Å². The monoisotopic (exact) mass is 488 g/mol. The maximum Gasteiger partial charge on any atom is 0.213 e. The molecule has 0 aromatic rings. The Morgan fingerprint density at radius 2 is 1.72 bits per heavy atom. The van der Waals surface area contributed by atoms with Gasteiger partial charge in [0.2, 0.25) is 10.0 Å². The second-order valence-electron chi connectivity index (χ2n) is 6.65. The maximum atomic E-state index is 11.7. The highest BCUT2D eigenvalue weighted by Gasteiger charge is 2.14. The van der Waals surface area contributed by atoms with Crippen LogP contribution in [0.5, 0.6) is 0 Å². The van der Waals surface area contributed by atoms with Crippen molar-refractivity contribution in [2.75, 3.05) is 39.5 Å². The van der Waals surface area contributed by atoms with Gasteiger partial charge in [0.15, 0.2) is 5.96 Å². The molecule has 0 aromatic heterocycles. The van der Waals surface area contributed by atoms with E-state index in [1.807, 2.05) is 0 Å². The summed E-state index contributed by atoms with van der Waals surface area (Å²) in [7, 11) is 0.331. The molecule has 0 bridgehead atoms. The molecular formula is C17H37IN4O2S. The molecule has 0 spiro atoms. The predicted octanol–water partition coefficient (Wildman–Crippen LogP) is 2.80. The van der Waals surface area contributed by atoms with Gasteiger partial charge in [-0.3, -0.25) is 4.99 Å². The van der Waals surface area contributed by atoms with Crippen LogP contribution in [0, 0.1) is 5.92 Å². The molecule has 1 aliphatic rings. The summed E-state index contributed by atoms with van der Waals surface area (Å²) >= 11 is 0. The standard InChI is InChI=1S/C17H36N4O2S.HI/c1-4-24(22,23)21(3)15-9-14-20-17(18-2)19-13-8-12-16-10-6-5-7-11-16;/h16H,4-15H2,1-3H3,(H2,18,19,20);1H. The van der Waals surface area contributed by atoms with Gasteiger partial charge in [-0.25, -0.2) is 12.7 Å². The topological polar surface area (TPSA) is 73.8 Å². The van der Waals surface area contributed by atoms with Gasteiger partial charge in [-0.05, 0) is 32.1 Å². The number of guanidine groups is 1. The molecule has 0 aliphatic heterocycles. The third-order valence-electron chi connectivity index (χ3n) is 4.81. The molecule has 0 aromatic carbocycles. The number of aliphatic imine (C=N–C) groups is 1. The highest BCUT2D eigenvalue weighted by molar-refractivity contribution is 14.0. The first-order chi connectivity index (χ1) is 11.5. The first-order valence-electron chi connectivity index (χ1n) is 9.38. The fourth-order valence-electron chi connectivity index (χ4n) is 3.16. The Labute approximate surface area is 171 Å². The van der Waals surface area contributed by atoms with Crippen LogP contribution in [-0.2, 0) is 10.0 Å². The Morgan fingerprint density at radius 1 is 1.12 bits per heavy atom. The third-order valence-corrected chi connectivity index (χ3v) is 6.67. The zero-order valence-corrected chi connectivity index (χ0v) is 19.2. The second-order valence-corrected chi connectivity index (χ2v) is 9.01. The van der Waals surface area contributed by atoms with Crippen LogP contribution in [0.2, 0.25) is 0 Å². The van der Waals surface area contributed by atoms with Gasteiger partial charge < -0.3 is 10.6 Å². The van der Waals surface area contributed by atoms with Gasteiger partial charge in [0.1, 0.15) is 0 Å². The minimum atomic E-state index is -3.07. The molecule has 6 nitrogen and oxygen atoms in total. The molecule has 0 saturated heterocycles. The van der Waals surface area contributed by atoms with Crippen molar-refractivity contribution < 1.29 is 8.42 Å². The number of sulfonamides is 1. The number of nitrogens with one attached hydrogen (secondary N) is 2. The lowest BCUT2D eigenvalue weighted by atomic mass is 9.86. The highest BCUT2D eigenvalue weighted by Crippen LogP contribution is 2.26. The summed E-state index contributed by atoms with van der Waals surface area (Å²) in [6, 6.07) is 0. The molecule has 2 N–H and O–H groups in total. The Hall–Kier alpha value is -0.0900. The Morgan fingerprint density at radius 3 is 2.28 bits per heavy atom. The molecule has 0 radical (unpaired) electrons. The average Bonchev–Trinajstić information content (AvgIpc) is 2.60. The summed E-state index contributed by atoms with van der Waals surface area (Å²) in [6.07, 6.45) is 10.3. The first kappa shape index (κ1) is 24.9. The summed E-state index contributed by atoms with van der Waals surface area (Å²) in [5.74, 6) is 1.88. The van der Waals surface area contributed by atoms with Crippen LogP contribution in [0.1, 0.15) is 58.3 Å². The summed E-state index contributed by atoms with van der Waals surface area (Å²) in [4.78, 5) is 4.22. The van der Waals surface area contributed by atoms with Crippen LogP contribution in [0.25, 0.3) is 0 Å². The summed E-state index contributed by atoms with van der Waals surface area (Å²) in [5.41, 5.74) is 0. The molecule has 0 heterocycles. The maximum absolute atomic E-state index is 11.7. The molecule has 0 atom stereocenters. The molecule has 1 aliphatic carbocycles. The quantitative estimate of drug-likeness (QED) is 0.215. The van der Waals surface area contributed by atoms with Crippen molar-refractivity contribution in [3.05, 3.63) is 0 Å². The van der Waals surface area contributed by atoms with Gasteiger partial charge in [0, 0.05) is 33.7 Å². The predicted molar refractivity (Wildman–Crippen MR) is 117 cm³/mol. The normalized spacial score (nSPS) is 16.6. The lowest BCUT2D eigenvalue weighted by Gasteiger charge is -2.21. The highest BCUT2D eigenvalue weighted by atomic mass is 127. The van der Waals surface area contributed by atoms with E-state index < -0.39 is 10.0 Å². The molecule has 1 fully saturated rings. The molecule has 0 unspecified atom stereocenters. The lowest BCUT2D eigenvalue weighted by molar-refractivity contribution is 0.332. The van der Waals surface area contributed by atoms with E-state index in [-0.39, 0.29) is 29.7 Å². The molecule has 1 saturated carbocycles. The number of rotatable bonds is 10. The molecule has 1 rings (SSSR count). The number of nitrogens with zero attached hydrogens (tertiary/aromatic N) is 2. The first-order valence-corrected chi connectivity index (χ1v) is 11.0. The smallest absolute Gasteiger partial charge is 0.213 e. The van der Waals surface area contributed by atoms with Gasteiger partial charge in [-0.1, -0.05) is 32.1 Å². The van der Waals surface area contributed by atoms with Crippen LogP contribution in [0.4, 0.5) is 0 Å². The van der Waals surface area contributed by atoms with E-state index in [1.54, 1.807) is 21.0 Å². The van der Waals surface area contributed by atoms with Crippen molar-refractivity contribution in [1.29, 1.82) is 0 Å². The number of halogens is 1. The zero-order chi connectivity index (χ0) is 17.8. The van der Waals surface area contributed by atoms with Gasteiger partial charge >= 0.3 is 0 Å². The molecule has 150 valence electrons. The van der Waals surface area contributed by atoms with E-state index in [1.165, 1.54) is 49.3 Å². The van der Waals surface area contributed by atoms with Crippen molar-refractivity contribution in [3.63, 3.8) is 0 Å². The summed E-state index contributed by atoms with van der Waals surface area (Å²) < 4.78 is 24.7. The Bertz CT molecular complexity index is 465. The number of hydrogen-bond acceptors (Lipinski definition) is 3. The summed E-state index contributed by atoms with van der Waals surface area (Å²) in [5, 5.41) is 6.60. The number of hydrogen-bond donors (Lipinski definition) is 2. The Kier molecular flexibility index (Phi) is 14.0. The van der Waals surface area contributed by atoms with E-state index in [9.17, 15) is 8.42 Å². The van der Waals surface area contributed by atoms with Gasteiger partial charge in [0.25, 0.3) is 0 Å². The average molecular weight is 488 g/mol. The van der Waals surface area contributed by atoms with Crippen molar-refractivity contribution in [3.8, 4) is 0 Å². The fourth-order valence-corrected chi connectivity index (χ4v) is 4.01. The van der Waals surface area contributed by atoms with Gasteiger partial charge in [0.05, 0.1) is 5.75 Å². The zero-order valence-electron chi connectivity index (χ0n) is 16.1. The fraction of sp³-hybridized carbons (Fsp3) is 0.941. The Balaban J connectivity index is 0.00000576. The van der Waals surface area contributed by atoms with Crippen molar-refractivity contribution in [1.82, 2.24) is 14.9 Å². The van der Waals surface area contributed by atoms with E-state index in [2.05, 4.69) is 15.6 Å². The minimum Gasteiger partial charge on any atom is -0.356 e. The van der Waals surface area contributed by atoms with Crippen LogP contribution >= 0.6 is 24.0 Å². The van der Waals surface area contributed by atoms with E-state index >= 15 is 0 Å². The van der Waals surface area contributed by atoms with E-state index in [4.69, 9.17) is 0 Å². The van der Waals surface area contributed by atoms with Crippen molar-refractivity contribution in [2.45, 2.75) is 58.3 Å². The van der Waals surface area contributed by atoms with E-state index in [0.29, 0.717) is 13.1 Å². The van der Waals surface area contributed by atoms with Gasteiger partial charge in [-0.15, -0.1) is 24.0 Å². The third kappa shape index (κ3) is 10.6. The summed E-state index contributed by atoms with van der Waals surface area (Å²) in [6.45, 7) is 3.86. The minimum absolute atomic E-state index is 0. The van der Waals surface area contributed by atoms with Gasteiger partial charge in [-0.2, -0.15) is 0 Å².